The Labute approximate surface area is 130 Å². The highest BCUT2D eigenvalue weighted by molar-refractivity contribution is 7.88. The van der Waals surface area contributed by atoms with Crippen LogP contribution in [-0.4, -0.2) is 24.8 Å². The minimum absolute atomic E-state index is 0.379. The molecule has 3 heterocycles. The van der Waals surface area contributed by atoms with Crippen molar-refractivity contribution in [3.63, 3.8) is 0 Å². The number of rotatable bonds is 7. The van der Waals surface area contributed by atoms with E-state index in [0.29, 0.717) is 35.1 Å². The van der Waals surface area contributed by atoms with Gasteiger partial charge in [-0.15, -0.1) is 0 Å². The number of hydrogen-bond donors (Lipinski definition) is 1. The molecule has 3 rings (SSSR count). The zero-order valence-electron chi connectivity index (χ0n) is 13.1. The van der Waals surface area contributed by atoms with E-state index in [1.54, 1.807) is 6.08 Å². The third-order valence-corrected chi connectivity index (χ3v) is 11.1. The molecule has 2 bridgehead atoms. The predicted molar refractivity (Wildman–Crippen MR) is 87.4 cm³/mol. The second-order valence-corrected chi connectivity index (χ2v) is 11.8. The van der Waals surface area contributed by atoms with Crippen LogP contribution in [0.1, 0.15) is 33.6 Å². The highest BCUT2D eigenvalue weighted by Gasteiger charge is 2.65. The average molecular weight is 341 g/mol. The van der Waals surface area contributed by atoms with Crippen LogP contribution in [0.3, 0.4) is 0 Å². The monoisotopic (exact) mass is 341 g/mol. The van der Waals surface area contributed by atoms with Crippen LogP contribution < -0.4 is 5.48 Å². The highest BCUT2D eigenvalue weighted by Crippen LogP contribution is 2.95. The van der Waals surface area contributed by atoms with E-state index in [2.05, 4.69) is 5.48 Å². The van der Waals surface area contributed by atoms with Crippen molar-refractivity contribution in [1.29, 1.82) is 0 Å². The van der Waals surface area contributed by atoms with Gasteiger partial charge in [0.1, 0.15) is 14.3 Å². The number of hydroxylamine groups is 1. The van der Waals surface area contributed by atoms with Crippen molar-refractivity contribution in [1.82, 2.24) is 5.48 Å². The number of carbonyl (C=O) groups is 1. The molecule has 0 aliphatic carbocycles. The number of amides is 1. The average Bonchev–Trinajstić information content (AvgIpc) is 2.92. The van der Waals surface area contributed by atoms with Crippen molar-refractivity contribution < 1.29 is 18.8 Å². The van der Waals surface area contributed by atoms with Gasteiger partial charge >= 0.3 is 0 Å². The van der Waals surface area contributed by atoms with E-state index in [-0.39, 0.29) is 5.91 Å². The molecule has 1 N–H and O–H groups in total. The fraction of sp³-hybridized carbons (Fsp3) is 0.533. The number of nitrogens with one attached hydrogen (secondary N) is 1. The van der Waals surface area contributed by atoms with Crippen LogP contribution in [0.2, 0.25) is 0 Å². The number of unbranched alkanes of at least 4 members (excludes halogenated alkanes) is 1. The first-order valence-corrected chi connectivity index (χ1v) is 11.6. The van der Waals surface area contributed by atoms with E-state index in [9.17, 15) is 13.9 Å². The zero-order chi connectivity index (χ0) is 16.1. The molecular formula is C15H21NO4P2. The molecule has 0 aromatic heterocycles. The van der Waals surface area contributed by atoms with Crippen molar-refractivity contribution in [3.05, 3.63) is 32.9 Å². The second kappa shape index (κ2) is 5.33. The lowest BCUT2D eigenvalue weighted by Crippen LogP contribution is -2.26. The molecule has 7 heteroatoms. The Bertz CT molecular complexity index is 742. The van der Waals surface area contributed by atoms with Crippen LogP contribution in [0, 0.1) is 0 Å². The quantitative estimate of drug-likeness (QED) is 0.432. The molecule has 0 aromatic carbocycles. The zero-order valence-corrected chi connectivity index (χ0v) is 14.9. The van der Waals surface area contributed by atoms with Gasteiger partial charge in [-0.2, -0.15) is 0 Å². The molecule has 5 nitrogen and oxygen atoms in total. The van der Waals surface area contributed by atoms with Crippen LogP contribution in [-0.2, 0) is 18.8 Å². The van der Waals surface area contributed by atoms with Gasteiger partial charge in [-0.05, 0) is 12.5 Å². The smallest absolute Gasteiger partial charge is 0.275 e. The van der Waals surface area contributed by atoms with Gasteiger partial charge in [0.05, 0.1) is 12.2 Å². The number of carbonyl (C=O) groups excluding carboxylic acids is 1. The van der Waals surface area contributed by atoms with Gasteiger partial charge in [-0.1, -0.05) is 27.2 Å². The standard InChI is InChI=1S/C15H21NO4P2/c1-4-7-8-20-16-15(17)10-9-11-13-14(22(13,19)6-3)12(10)21(11,18)5-2/h9H,4-8H2,1-3H3,(H,16,17). The molecule has 1 saturated heterocycles. The molecule has 0 radical (unpaired) electrons. The maximum atomic E-state index is 13.1. The summed E-state index contributed by atoms with van der Waals surface area (Å²) in [5.74, 6) is -0.379. The first-order valence-electron chi connectivity index (χ1n) is 7.79. The Hall–Kier alpha value is -0.890. The van der Waals surface area contributed by atoms with Gasteiger partial charge in [0.2, 0.25) is 0 Å². The molecule has 0 spiro atoms. The van der Waals surface area contributed by atoms with E-state index < -0.39 is 14.3 Å². The van der Waals surface area contributed by atoms with Gasteiger partial charge in [0.15, 0.2) is 0 Å². The molecule has 2 unspecified atom stereocenters. The van der Waals surface area contributed by atoms with Crippen molar-refractivity contribution in [3.8, 4) is 0 Å². The summed E-state index contributed by atoms with van der Waals surface area (Å²) >= 11 is 0. The molecule has 0 saturated carbocycles. The minimum atomic E-state index is -2.70. The maximum absolute atomic E-state index is 13.1. The number of hydrogen-bond acceptors (Lipinski definition) is 4. The molecule has 120 valence electrons. The van der Waals surface area contributed by atoms with Crippen LogP contribution >= 0.6 is 14.3 Å². The van der Waals surface area contributed by atoms with Crippen LogP contribution in [0.15, 0.2) is 32.9 Å². The van der Waals surface area contributed by atoms with Crippen molar-refractivity contribution in [2.45, 2.75) is 33.6 Å². The summed E-state index contributed by atoms with van der Waals surface area (Å²) < 4.78 is 25.9. The second-order valence-electron chi connectivity index (χ2n) is 5.73. The summed E-state index contributed by atoms with van der Waals surface area (Å²) in [6.07, 6.45) is 4.53. The molecule has 22 heavy (non-hydrogen) atoms. The third-order valence-electron chi connectivity index (χ3n) is 4.55. The fourth-order valence-corrected chi connectivity index (χ4v) is 10.7. The normalized spacial score (nSPS) is 31.5. The van der Waals surface area contributed by atoms with Crippen molar-refractivity contribution in [2.24, 2.45) is 0 Å². The molecular weight excluding hydrogens is 320 g/mol. The lowest BCUT2D eigenvalue weighted by Gasteiger charge is -2.14. The first-order chi connectivity index (χ1) is 10.5. The van der Waals surface area contributed by atoms with E-state index in [1.807, 2.05) is 20.8 Å². The van der Waals surface area contributed by atoms with Gasteiger partial charge < -0.3 is 9.13 Å². The molecule has 1 amide bonds. The third kappa shape index (κ3) is 1.92. The van der Waals surface area contributed by atoms with Crippen LogP contribution in [0.4, 0.5) is 0 Å². The maximum Gasteiger partial charge on any atom is 0.275 e. The van der Waals surface area contributed by atoms with E-state index in [1.165, 1.54) is 0 Å². The largest absolute Gasteiger partial charge is 0.314 e. The van der Waals surface area contributed by atoms with Gasteiger partial charge in [0, 0.05) is 33.6 Å². The summed E-state index contributed by atoms with van der Waals surface area (Å²) in [4.78, 5) is 17.4. The van der Waals surface area contributed by atoms with Crippen molar-refractivity contribution in [2.75, 3.05) is 18.9 Å². The van der Waals surface area contributed by atoms with Gasteiger partial charge in [0.25, 0.3) is 5.91 Å². The lowest BCUT2D eigenvalue weighted by atomic mass is 10.1. The Morgan fingerprint density at radius 2 is 1.77 bits per heavy atom. The summed E-state index contributed by atoms with van der Waals surface area (Å²) in [5.41, 5.74) is 2.81. The Balaban J connectivity index is 1.86. The first kappa shape index (κ1) is 16.0. The highest BCUT2D eigenvalue weighted by atomic mass is 31.2. The molecule has 1 fully saturated rings. The topological polar surface area (TPSA) is 72.5 Å². The summed E-state index contributed by atoms with van der Waals surface area (Å²) in [7, 11) is -5.15. The number of fused-ring (bicyclic) bond motifs is 3. The summed E-state index contributed by atoms with van der Waals surface area (Å²) in [5, 5.41) is 2.76. The van der Waals surface area contributed by atoms with Crippen molar-refractivity contribution >= 4 is 20.2 Å². The van der Waals surface area contributed by atoms with E-state index >= 15 is 0 Å². The fourth-order valence-electron chi connectivity index (χ4n) is 3.22. The summed E-state index contributed by atoms with van der Waals surface area (Å²) in [6.45, 7) is 6.23. The SMILES string of the molecule is CCCCONC(=O)C1=CC2=C3C(=C1P2(=O)CC)P3(=O)CC. The predicted octanol–water partition coefficient (Wildman–Crippen LogP) is 3.99. The van der Waals surface area contributed by atoms with E-state index in [4.69, 9.17) is 4.84 Å². The van der Waals surface area contributed by atoms with E-state index in [0.717, 1.165) is 23.5 Å². The van der Waals surface area contributed by atoms with Crippen LogP contribution in [0.25, 0.3) is 0 Å². The Kier molecular flexibility index (Phi) is 3.87. The van der Waals surface area contributed by atoms with Gasteiger partial charge in [-0.25, -0.2) is 5.48 Å². The molecule has 2 atom stereocenters. The Morgan fingerprint density at radius 3 is 2.36 bits per heavy atom. The molecule has 3 aliphatic heterocycles. The van der Waals surface area contributed by atoms with Gasteiger partial charge in [-0.3, -0.25) is 9.63 Å². The van der Waals surface area contributed by atoms with Crippen LogP contribution in [0.5, 0.6) is 0 Å². The molecule has 3 aliphatic rings. The summed E-state index contributed by atoms with van der Waals surface area (Å²) in [6, 6.07) is 0. The molecule has 0 aromatic rings. The number of allylic oxidation sites excluding steroid dienone is 4. The lowest BCUT2D eigenvalue weighted by molar-refractivity contribution is -0.129. The minimum Gasteiger partial charge on any atom is -0.314 e. The Morgan fingerprint density at radius 1 is 1.09 bits per heavy atom.